The second kappa shape index (κ2) is 6.89. The molecule has 1 aromatic rings. The maximum atomic E-state index is 12.7. The standard InChI is InChI=1S/C17H26N2O/c1-4-19(12-15-7-5-6-10-18-15)17(20)16-11-13(2)8-9-14(16)3/h8-9,11,15,18H,4-7,10,12H2,1-3H3. The number of nitrogens with one attached hydrogen (secondary N) is 1. The van der Waals surface area contributed by atoms with Crippen LogP contribution in [0.1, 0.15) is 47.7 Å². The van der Waals surface area contributed by atoms with E-state index in [1.54, 1.807) is 0 Å². The Morgan fingerprint density at radius 3 is 2.80 bits per heavy atom. The summed E-state index contributed by atoms with van der Waals surface area (Å²) in [6.45, 7) is 8.79. The molecule has 1 saturated heterocycles. The maximum Gasteiger partial charge on any atom is 0.254 e. The number of hydrogen-bond acceptors (Lipinski definition) is 2. The first kappa shape index (κ1) is 15.0. The van der Waals surface area contributed by atoms with Crippen LogP contribution in [0.2, 0.25) is 0 Å². The van der Waals surface area contributed by atoms with Crippen molar-refractivity contribution >= 4 is 5.91 Å². The lowest BCUT2D eigenvalue weighted by Crippen LogP contribution is -2.45. The molecule has 110 valence electrons. The summed E-state index contributed by atoms with van der Waals surface area (Å²) < 4.78 is 0. The van der Waals surface area contributed by atoms with Gasteiger partial charge in [0.05, 0.1) is 0 Å². The Kier molecular flexibility index (Phi) is 5.18. The zero-order valence-electron chi connectivity index (χ0n) is 12.9. The number of carbonyl (C=O) groups is 1. The Bertz CT molecular complexity index is 464. The van der Waals surface area contributed by atoms with Gasteiger partial charge in [0.1, 0.15) is 0 Å². The van der Waals surface area contributed by atoms with Gasteiger partial charge in [-0.2, -0.15) is 0 Å². The number of piperidine rings is 1. The number of likely N-dealkylation sites (N-methyl/N-ethyl adjacent to an activating group) is 1. The second-order valence-corrected chi connectivity index (χ2v) is 5.81. The molecule has 3 heteroatoms. The minimum absolute atomic E-state index is 0.168. The monoisotopic (exact) mass is 274 g/mol. The van der Waals surface area contributed by atoms with E-state index in [2.05, 4.69) is 18.3 Å². The molecule has 1 N–H and O–H groups in total. The number of nitrogens with zero attached hydrogens (tertiary/aromatic N) is 1. The summed E-state index contributed by atoms with van der Waals surface area (Å²) in [6.07, 6.45) is 3.71. The highest BCUT2D eigenvalue weighted by atomic mass is 16.2. The van der Waals surface area contributed by atoms with E-state index in [0.717, 1.165) is 36.3 Å². The topological polar surface area (TPSA) is 32.3 Å². The zero-order valence-corrected chi connectivity index (χ0v) is 12.9. The highest BCUT2D eigenvalue weighted by Gasteiger charge is 2.21. The summed E-state index contributed by atoms with van der Waals surface area (Å²) in [5.74, 6) is 0.168. The highest BCUT2D eigenvalue weighted by molar-refractivity contribution is 5.95. The Morgan fingerprint density at radius 1 is 1.35 bits per heavy atom. The van der Waals surface area contributed by atoms with Crippen molar-refractivity contribution in [3.63, 3.8) is 0 Å². The normalized spacial score (nSPS) is 18.9. The second-order valence-electron chi connectivity index (χ2n) is 5.81. The summed E-state index contributed by atoms with van der Waals surface area (Å²) in [5, 5.41) is 3.52. The third-order valence-corrected chi connectivity index (χ3v) is 4.15. The van der Waals surface area contributed by atoms with Gasteiger partial charge in [-0.3, -0.25) is 4.79 Å². The molecule has 1 atom stereocenters. The molecule has 1 aliphatic heterocycles. The molecule has 20 heavy (non-hydrogen) atoms. The summed E-state index contributed by atoms with van der Waals surface area (Å²) in [7, 11) is 0. The van der Waals surface area contributed by atoms with E-state index in [0.29, 0.717) is 6.04 Å². The van der Waals surface area contributed by atoms with Gasteiger partial charge in [-0.05, 0) is 51.8 Å². The lowest BCUT2D eigenvalue weighted by molar-refractivity contribution is 0.0740. The van der Waals surface area contributed by atoms with Crippen molar-refractivity contribution in [3.8, 4) is 0 Å². The molecule has 3 nitrogen and oxygen atoms in total. The molecule has 1 heterocycles. The van der Waals surface area contributed by atoms with Crippen LogP contribution in [0.3, 0.4) is 0 Å². The van der Waals surface area contributed by atoms with Crippen molar-refractivity contribution in [2.75, 3.05) is 19.6 Å². The van der Waals surface area contributed by atoms with E-state index in [4.69, 9.17) is 0 Å². The Hall–Kier alpha value is -1.35. The van der Waals surface area contributed by atoms with Crippen LogP contribution in [0.4, 0.5) is 0 Å². The lowest BCUT2D eigenvalue weighted by Gasteiger charge is -2.30. The summed E-state index contributed by atoms with van der Waals surface area (Å²) in [5.41, 5.74) is 3.06. The van der Waals surface area contributed by atoms with Gasteiger partial charge in [0.15, 0.2) is 0 Å². The van der Waals surface area contributed by atoms with Gasteiger partial charge < -0.3 is 10.2 Å². The molecule has 0 aromatic heterocycles. The summed E-state index contributed by atoms with van der Waals surface area (Å²) in [6, 6.07) is 6.56. The highest BCUT2D eigenvalue weighted by Crippen LogP contribution is 2.15. The molecule has 2 rings (SSSR count). The van der Waals surface area contributed by atoms with E-state index in [1.807, 2.05) is 30.9 Å². The Balaban J connectivity index is 2.09. The molecule has 1 aromatic carbocycles. The first-order chi connectivity index (χ1) is 9.61. The third-order valence-electron chi connectivity index (χ3n) is 4.15. The van der Waals surface area contributed by atoms with Gasteiger partial charge in [0, 0.05) is 24.7 Å². The fraction of sp³-hybridized carbons (Fsp3) is 0.588. The van der Waals surface area contributed by atoms with E-state index in [-0.39, 0.29) is 5.91 Å². The molecule has 0 saturated carbocycles. The van der Waals surface area contributed by atoms with Gasteiger partial charge in [0.2, 0.25) is 0 Å². The Morgan fingerprint density at radius 2 is 2.15 bits per heavy atom. The number of amides is 1. The molecule has 0 radical (unpaired) electrons. The fourth-order valence-corrected chi connectivity index (χ4v) is 2.84. The van der Waals surface area contributed by atoms with E-state index < -0.39 is 0 Å². The van der Waals surface area contributed by atoms with Crippen molar-refractivity contribution in [2.45, 2.75) is 46.1 Å². The van der Waals surface area contributed by atoms with Crippen LogP contribution in [-0.2, 0) is 0 Å². The molecule has 0 aliphatic carbocycles. The molecular formula is C17H26N2O. The molecule has 1 unspecified atom stereocenters. The number of benzene rings is 1. The Labute approximate surface area is 122 Å². The van der Waals surface area contributed by atoms with E-state index >= 15 is 0 Å². The van der Waals surface area contributed by atoms with Gasteiger partial charge in [0.25, 0.3) is 5.91 Å². The van der Waals surface area contributed by atoms with Crippen molar-refractivity contribution in [2.24, 2.45) is 0 Å². The SMILES string of the molecule is CCN(CC1CCCCN1)C(=O)c1cc(C)ccc1C. The quantitative estimate of drug-likeness (QED) is 0.915. The molecular weight excluding hydrogens is 248 g/mol. The first-order valence-corrected chi connectivity index (χ1v) is 7.71. The molecule has 1 fully saturated rings. The zero-order chi connectivity index (χ0) is 14.5. The average molecular weight is 274 g/mol. The van der Waals surface area contributed by atoms with Gasteiger partial charge >= 0.3 is 0 Å². The smallest absolute Gasteiger partial charge is 0.254 e. The lowest BCUT2D eigenvalue weighted by atomic mass is 10.0. The van der Waals surface area contributed by atoms with Crippen LogP contribution >= 0.6 is 0 Å². The van der Waals surface area contributed by atoms with Gasteiger partial charge in [-0.15, -0.1) is 0 Å². The maximum absolute atomic E-state index is 12.7. The summed E-state index contributed by atoms with van der Waals surface area (Å²) >= 11 is 0. The molecule has 0 bridgehead atoms. The van der Waals surface area contributed by atoms with E-state index in [1.165, 1.54) is 19.3 Å². The van der Waals surface area contributed by atoms with Crippen molar-refractivity contribution in [1.82, 2.24) is 10.2 Å². The third kappa shape index (κ3) is 3.60. The van der Waals surface area contributed by atoms with Gasteiger partial charge in [-0.1, -0.05) is 24.1 Å². The van der Waals surface area contributed by atoms with E-state index in [9.17, 15) is 4.79 Å². The average Bonchev–Trinajstić information content (AvgIpc) is 2.47. The number of rotatable bonds is 4. The molecule has 1 amide bonds. The van der Waals surface area contributed by atoms with Crippen molar-refractivity contribution < 1.29 is 4.79 Å². The van der Waals surface area contributed by atoms with Gasteiger partial charge in [-0.25, -0.2) is 0 Å². The number of aryl methyl sites for hydroxylation is 2. The first-order valence-electron chi connectivity index (χ1n) is 7.71. The molecule has 1 aliphatic rings. The van der Waals surface area contributed by atoms with Crippen LogP contribution in [0.5, 0.6) is 0 Å². The van der Waals surface area contributed by atoms with Crippen LogP contribution < -0.4 is 5.32 Å². The van der Waals surface area contributed by atoms with Crippen LogP contribution in [0.15, 0.2) is 18.2 Å². The predicted octanol–water partition coefficient (Wildman–Crippen LogP) is 2.91. The van der Waals surface area contributed by atoms with Crippen molar-refractivity contribution in [3.05, 3.63) is 34.9 Å². The minimum Gasteiger partial charge on any atom is -0.337 e. The van der Waals surface area contributed by atoms with Crippen LogP contribution in [-0.4, -0.2) is 36.5 Å². The van der Waals surface area contributed by atoms with Crippen molar-refractivity contribution in [1.29, 1.82) is 0 Å². The number of hydrogen-bond donors (Lipinski definition) is 1. The van der Waals surface area contributed by atoms with Crippen LogP contribution in [0, 0.1) is 13.8 Å². The largest absolute Gasteiger partial charge is 0.337 e. The summed E-state index contributed by atoms with van der Waals surface area (Å²) in [4.78, 5) is 14.7. The minimum atomic E-state index is 0.168. The fourth-order valence-electron chi connectivity index (χ4n) is 2.84. The van der Waals surface area contributed by atoms with Crippen LogP contribution in [0.25, 0.3) is 0 Å². The molecule has 0 spiro atoms. The number of carbonyl (C=O) groups excluding carboxylic acids is 1. The predicted molar refractivity (Wildman–Crippen MR) is 83.1 cm³/mol.